The van der Waals surface area contributed by atoms with Gasteiger partial charge in [-0.1, -0.05) is 30.3 Å². The minimum absolute atomic E-state index is 0.364. The minimum Gasteiger partial charge on any atom is -0.370 e. The maximum atomic E-state index is 11.5. The SMILES string of the molecule is CSCCO[C@]1(O)Cc2ccn3c(C)c(C)nc3c2N[C@@H]1c1ccccc1. The molecule has 1 aromatic carbocycles. The van der Waals surface area contributed by atoms with Gasteiger partial charge in [0.15, 0.2) is 11.4 Å². The fraction of sp³-hybridized carbons (Fsp3) is 0.381. The molecule has 6 heteroatoms. The summed E-state index contributed by atoms with van der Waals surface area (Å²) >= 11 is 1.71. The van der Waals surface area contributed by atoms with Crippen molar-refractivity contribution < 1.29 is 9.84 Å². The molecule has 3 aromatic rings. The third-order valence-corrected chi connectivity index (χ3v) is 5.89. The quantitative estimate of drug-likeness (QED) is 0.519. The van der Waals surface area contributed by atoms with E-state index < -0.39 is 5.79 Å². The molecule has 2 N–H and O–H groups in total. The standard InChI is InChI=1S/C21H25N3O2S/c1-14-15(2)24-10-9-17-13-21(25,26-11-12-27-3)19(16-7-5-4-6-8-16)23-18(17)20(24)22-14/h4-10,19,23,25H,11-13H2,1-3H3/t19-,21-/m1/s1. The van der Waals surface area contributed by atoms with E-state index in [2.05, 4.69) is 16.6 Å². The molecule has 0 saturated carbocycles. The van der Waals surface area contributed by atoms with Gasteiger partial charge in [-0.15, -0.1) is 0 Å². The number of benzene rings is 1. The maximum absolute atomic E-state index is 11.5. The lowest BCUT2D eigenvalue weighted by atomic mass is 9.88. The molecule has 0 radical (unpaired) electrons. The molecule has 3 heterocycles. The van der Waals surface area contributed by atoms with Crippen molar-refractivity contribution in [1.29, 1.82) is 0 Å². The first-order valence-corrected chi connectivity index (χ1v) is 10.6. The number of aryl methyl sites for hydroxylation is 2. The van der Waals surface area contributed by atoms with Gasteiger partial charge in [0.1, 0.15) is 6.04 Å². The molecule has 27 heavy (non-hydrogen) atoms. The molecule has 0 aliphatic carbocycles. The molecule has 0 amide bonds. The third kappa shape index (κ3) is 3.22. The van der Waals surface area contributed by atoms with E-state index in [4.69, 9.17) is 9.72 Å². The number of thioether (sulfide) groups is 1. The third-order valence-electron chi connectivity index (χ3n) is 5.31. The zero-order valence-corrected chi connectivity index (χ0v) is 16.7. The van der Waals surface area contributed by atoms with Crippen LogP contribution in [0, 0.1) is 13.8 Å². The molecule has 1 aliphatic heterocycles. The second-order valence-corrected chi connectivity index (χ2v) is 8.03. The van der Waals surface area contributed by atoms with E-state index in [0.29, 0.717) is 13.0 Å². The lowest BCUT2D eigenvalue weighted by Gasteiger charge is -2.41. The highest BCUT2D eigenvalue weighted by Gasteiger charge is 2.44. The number of fused-ring (bicyclic) bond motifs is 3. The van der Waals surface area contributed by atoms with E-state index in [0.717, 1.165) is 39.6 Å². The highest BCUT2D eigenvalue weighted by Crippen LogP contribution is 2.42. The second-order valence-electron chi connectivity index (χ2n) is 7.04. The van der Waals surface area contributed by atoms with Gasteiger partial charge in [0.25, 0.3) is 0 Å². The molecule has 0 bridgehead atoms. The van der Waals surface area contributed by atoms with Gasteiger partial charge in [-0.3, -0.25) is 0 Å². The topological polar surface area (TPSA) is 58.8 Å². The molecule has 0 saturated heterocycles. The Morgan fingerprint density at radius 2 is 2.07 bits per heavy atom. The fourth-order valence-corrected chi connectivity index (χ4v) is 3.99. The lowest BCUT2D eigenvalue weighted by Crippen LogP contribution is -2.48. The predicted octanol–water partition coefficient (Wildman–Crippen LogP) is 3.73. The summed E-state index contributed by atoms with van der Waals surface area (Å²) in [5, 5.41) is 15.0. The summed E-state index contributed by atoms with van der Waals surface area (Å²) in [5.74, 6) is -0.465. The van der Waals surface area contributed by atoms with Crippen LogP contribution in [0.2, 0.25) is 0 Å². The van der Waals surface area contributed by atoms with E-state index in [1.807, 2.05) is 55.8 Å². The number of rotatable bonds is 5. The number of aliphatic hydroxyl groups is 1. The number of ether oxygens (including phenoxy) is 1. The van der Waals surface area contributed by atoms with Crippen LogP contribution in [-0.4, -0.2) is 38.9 Å². The average molecular weight is 384 g/mol. The summed E-state index contributed by atoms with van der Waals surface area (Å²) in [4.78, 5) is 4.75. The summed E-state index contributed by atoms with van der Waals surface area (Å²) in [6.45, 7) is 4.59. The van der Waals surface area contributed by atoms with Crippen LogP contribution in [0.4, 0.5) is 5.69 Å². The monoisotopic (exact) mass is 383 g/mol. The Morgan fingerprint density at radius 1 is 1.30 bits per heavy atom. The molecule has 5 nitrogen and oxygen atoms in total. The van der Waals surface area contributed by atoms with Gasteiger partial charge in [-0.2, -0.15) is 11.8 Å². The van der Waals surface area contributed by atoms with Crippen LogP contribution in [-0.2, 0) is 11.2 Å². The Balaban J connectivity index is 1.80. The normalized spacial score (nSPS) is 21.9. The first-order valence-electron chi connectivity index (χ1n) is 9.17. The summed E-state index contributed by atoms with van der Waals surface area (Å²) in [6, 6.07) is 11.7. The highest BCUT2D eigenvalue weighted by atomic mass is 32.2. The van der Waals surface area contributed by atoms with E-state index in [-0.39, 0.29) is 6.04 Å². The van der Waals surface area contributed by atoms with Crippen LogP contribution in [0.3, 0.4) is 0 Å². The summed E-state index contributed by atoms with van der Waals surface area (Å²) < 4.78 is 8.12. The van der Waals surface area contributed by atoms with Gasteiger partial charge in [0.2, 0.25) is 0 Å². The van der Waals surface area contributed by atoms with Gasteiger partial charge in [0.05, 0.1) is 18.0 Å². The molecular formula is C21H25N3O2S. The number of aromatic nitrogens is 2. The van der Waals surface area contributed by atoms with Crippen LogP contribution in [0.5, 0.6) is 0 Å². The number of anilines is 1. The Kier molecular flexibility index (Phi) is 4.88. The zero-order valence-electron chi connectivity index (χ0n) is 15.9. The van der Waals surface area contributed by atoms with Crippen LogP contribution in [0.15, 0.2) is 42.6 Å². The summed E-state index contributed by atoms with van der Waals surface area (Å²) in [7, 11) is 0. The van der Waals surface area contributed by atoms with Crippen LogP contribution < -0.4 is 5.32 Å². The molecule has 0 spiro atoms. The summed E-state index contributed by atoms with van der Waals surface area (Å²) in [6.07, 6.45) is 4.48. The number of pyridine rings is 1. The lowest BCUT2D eigenvalue weighted by molar-refractivity contribution is -0.212. The van der Waals surface area contributed by atoms with E-state index in [9.17, 15) is 5.11 Å². The number of nitrogens with zero attached hydrogens (tertiary/aromatic N) is 2. The Labute approximate surface area is 163 Å². The van der Waals surface area contributed by atoms with Crippen molar-refractivity contribution in [3.05, 3.63) is 65.1 Å². The number of nitrogens with one attached hydrogen (secondary N) is 1. The van der Waals surface area contributed by atoms with Crippen LogP contribution in [0.1, 0.15) is 28.6 Å². The number of hydrogen-bond donors (Lipinski definition) is 2. The van der Waals surface area contributed by atoms with Crippen molar-refractivity contribution in [2.24, 2.45) is 0 Å². The molecule has 1 aliphatic rings. The van der Waals surface area contributed by atoms with Crippen LogP contribution in [0.25, 0.3) is 5.65 Å². The maximum Gasteiger partial charge on any atom is 0.194 e. The molecule has 142 valence electrons. The zero-order chi connectivity index (χ0) is 19.0. The van der Waals surface area contributed by atoms with Gasteiger partial charge in [-0.05, 0) is 37.3 Å². The smallest absolute Gasteiger partial charge is 0.194 e. The minimum atomic E-state index is -1.31. The molecule has 0 unspecified atom stereocenters. The van der Waals surface area contributed by atoms with Crippen molar-refractivity contribution in [1.82, 2.24) is 9.38 Å². The summed E-state index contributed by atoms with van der Waals surface area (Å²) in [5.41, 5.74) is 6.03. The number of imidazole rings is 1. The van der Waals surface area contributed by atoms with Crippen molar-refractivity contribution in [3.8, 4) is 0 Å². The molecule has 2 aromatic heterocycles. The molecule has 0 fully saturated rings. The second kappa shape index (κ2) is 7.19. The van der Waals surface area contributed by atoms with Gasteiger partial charge in [0, 0.05) is 24.1 Å². The molecule has 2 atom stereocenters. The number of hydrogen-bond acceptors (Lipinski definition) is 5. The Bertz CT molecular complexity index is 957. The van der Waals surface area contributed by atoms with Crippen molar-refractivity contribution >= 4 is 23.1 Å². The van der Waals surface area contributed by atoms with Crippen molar-refractivity contribution in [3.63, 3.8) is 0 Å². The predicted molar refractivity (Wildman–Crippen MR) is 110 cm³/mol. The Morgan fingerprint density at radius 3 is 2.81 bits per heavy atom. The fourth-order valence-electron chi connectivity index (χ4n) is 3.74. The van der Waals surface area contributed by atoms with Gasteiger partial charge < -0.3 is 19.6 Å². The van der Waals surface area contributed by atoms with E-state index >= 15 is 0 Å². The van der Waals surface area contributed by atoms with E-state index in [1.54, 1.807) is 11.8 Å². The average Bonchev–Trinajstić information content (AvgIpc) is 2.96. The molecular weight excluding hydrogens is 358 g/mol. The first-order chi connectivity index (χ1) is 13.0. The van der Waals surface area contributed by atoms with Gasteiger partial charge >= 0.3 is 0 Å². The van der Waals surface area contributed by atoms with E-state index in [1.165, 1.54) is 0 Å². The molecule has 4 rings (SSSR count). The van der Waals surface area contributed by atoms with Crippen molar-refractivity contribution in [2.45, 2.75) is 32.1 Å². The van der Waals surface area contributed by atoms with Crippen molar-refractivity contribution in [2.75, 3.05) is 23.9 Å². The largest absolute Gasteiger partial charge is 0.370 e. The van der Waals surface area contributed by atoms with Crippen LogP contribution >= 0.6 is 11.8 Å². The highest BCUT2D eigenvalue weighted by molar-refractivity contribution is 7.98. The van der Waals surface area contributed by atoms with Gasteiger partial charge in [-0.25, -0.2) is 4.98 Å². The Hall–Kier alpha value is -2.02. The first kappa shape index (κ1) is 18.3.